The van der Waals surface area contributed by atoms with Gasteiger partial charge in [0.2, 0.25) is 0 Å². The highest BCUT2D eigenvalue weighted by Gasteiger charge is 2.41. The Bertz CT molecular complexity index is 431. The molecule has 2 rings (SSSR count). The smallest absolute Gasteiger partial charge is 0.126 e. The monoisotopic (exact) mass is 235 g/mol. The highest BCUT2D eigenvalue weighted by Crippen LogP contribution is 2.49. The van der Waals surface area contributed by atoms with Gasteiger partial charge in [-0.1, -0.05) is 6.42 Å². The summed E-state index contributed by atoms with van der Waals surface area (Å²) in [5, 5.41) is 10.4. The molecule has 0 spiro atoms. The first kappa shape index (κ1) is 12.2. The molecular formula is C14H21NO2. The van der Waals surface area contributed by atoms with E-state index in [-0.39, 0.29) is 5.41 Å². The van der Waals surface area contributed by atoms with E-state index in [2.05, 4.69) is 0 Å². The molecule has 0 aliphatic heterocycles. The van der Waals surface area contributed by atoms with Crippen LogP contribution in [0.25, 0.3) is 0 Å². The van der Waals surface area contributed by atoms with Crippen LogP contribution in [0.4, 0.5) is 0 Å². The van der Waals surface area contributed by atoms with Crippen molar-refractivity contribution in [3.05, 3.63) is 22.8 Å². The summed E-state index contributed by atoms with van der Waals surface area (Å²) in [6.07, 6.45) is 3.34. The first-order valence-corrected chi connectivity index (χ1v) is 6.13. The molecule has 0 saturated heterocycles. The molecule has 0 radical (unpaired) electrons. The van der Waals surface area contributed by atoms with Crippen LogP contribution in [0.2, 0.25) is 0 Å². The van der Waals surface area contributed by atoms with Gasteiger partial charge in [-0.2, -0.15) is 0 Å². The van der Waals surface area contributed by atoms with E-state index in [0.29, 0.717) is 12.3 Å². The molecule has 0 amide bonds. The molecule has 3 N–H and O–H groups in total. The van der Waals surface area contributed by atoms with Crippen molar-refractivity contribution in [3.63, 3.8) is 0 Å². The summed E-state index contributed by atoms with van der Waals surface area (Å²) in [6, 6.07) is 2.00. The molecule has 1 fully saturated rings. The molecule has 1 saturated carbocycles. The van der Waals surface area contributed by atoms with E-state index in [1.165, 1.54) is 6.42 Å². The summed E-state index contributed by atoms with van der Waals surface area (Å²) >= 11 is 0. The fraction of sp³-hybridized carbons (Fsp3) is 0.571. The lowest BCUT2D eigenvalue weighted by atomic mass is 9.63. The van der Waals surface area contributed by atoms with E-state index in [1.807, 2.05) is 19.9 Å². The molecular weight excluding hydrogens is 214 g/mol. The van der Waals surface area contributed by atoms with Gasteiger partial charge in [-0.05, 0) is 38.3 Å². The van der Waals surface area contributed by atoms with Crippen molar-refractivity contribution in [1.29, 1.82) is 0 Å². The largest absolute Gasteiger partial charge is 0.507 e. The van der Waals surface area contributed by atoms with Crippen LogP contribution in [0.15, 0.2) is 6.07 Å². The highest BCUT2D eigenvalue weighted by molar-refractivity contribution is 5.56. The van der Waals surface area contributed by atoms with Gasteiger partial charge in [0.05, 0.1) is 7.11 Å². The van der Waals surface area contributed by atoms with Crippen LogP contribution in [0.5, 0.6) is 11.5 Å². The van der Waals surface area contributed by atoms with Gasteiger partial charge in [-0.3, -0.25) is 0 Å². The molecule has 17 heavy (non-hydrogen) atoms. The second-order valence-electron chi connectivity index (χ2n) is 5.08. The van der Waals surface area contributed by atoms with Gasteiger partial charge in [0.25, 0.3) is 0 Å². The third kappa shape index (κ3) is 1.69. The summed E-state index contributed by atoms with van der Waals surface area (Å²) < 4.78 is 5.27. The Kier molecular flexibility index (Phi) is 3.04. The third-order valence-electron chi connectivity index (χ3n) is 4.16. The number of benzene rings is 1. The summed E-state index contributed by atoms with van der Waals surface area (Å²) in [5.74, 6) is 1.11. The maximum absolute atomic E-state index is 10.4. The zero-order valence-electron chi connectivity index (χ0n) is 10.8. The number of ether oxygens (including phenoxy) is 1. The lowest BCUT2D eigenvalue weighted by Crippen LogP contribution is -2.42. The van der Waals surface area contributed by atoms with Crippen LogP contribution >= 0.6 is 0 Å². The second-order valence-corrected chi connectivity index (χ2v) is 5.08. The van der Waals surface area contributed by atoms with Crippen molar-refractivity contribution in [2.75, 3.05) is 13.7 Å². The Morgan fingerprint density at radius 3 is 2.47 bits per heavy atom. The number of phenols is 1. The number of aryl methyl sites for hydroxylation is 1. The van der Waals surface area contributed by atoms with Crippen molar-refractivity contribution in [3.8, 4) is 11.5 Å². The van der Waals surface area contributed by atoms with E-state index in [0.717, 1.165) is 35.3 Å². The summed E-state index contributed by atoms with van der Waals surface area (Å²) in [4.78, 5) is 0. The van der Waals surface area contributed by atoms with Crippen LogP contribution in [-0.4, -0.2) is 18.8 Å². The van der Waals surface area contributed by atoms with E-state index in [4.69, 9.17) is 10.5 Å². The average molecular weight is 235 g/mol. The maximum Gasteiger partial charge on any atom is 0.126 e. The van der Waals surface area contributed by atoms with Crippen LogP contribution in [0, 0.1) is 13.8 Å². The van der Waals surface area contributed by atoms with Gasteiger partial charge in [0, 0.05) is 23.1 Å². The zero-order valence-corrected chi connectivity index (χ0v) is 10.8. The minimum absolute atomic E-state index is 0.00873. The number of rotatable bonds is 3. The molecule has 1 aliphatic carbocycles. The SMILES string of the molecule is COc1cc(C)c(C2(CN)CCC2)c(O)c1C. The predicted octanol–water partition coefficient (Wildman–Crippen LogP) is 2.40. The number of nitrogens with two attached hydrogens (primary N) is 1. The molecule has 0 bridgehead atoms. The Labute approximate surface area is 103 Å². The summed E-state index contributed by atoms with van der Waals surface area (Å²) in [7, 11) is 1.63. The summed E-state index contributed by atoms with van der Waals surface area (Å²) in [6.45, 7) is 4.51. The van der Waals surface area contributed by atoms with Crippen molar-refractivity contribution >= 4 is 0 Å². The quantitative estimate of drug-likeness (QED) is 0.845. The van der Waals surface area contributed by atoms with Crippen LogP contribution in [-0.2, 0) is 5.41 Å². The van der Waals surface area contributed by atoms with Gasteiger partial charge < -0.3 is 15.6 Å². The molecule has 1 aliphatic rings. The topological polar surface area (TPSA) is 55.5 Å². The van der Waals surface area contributed by atoms with Crippen molar-refractivity contribution < 1.29 is 9.84 Å². The summed E-state index contributed by atoms with van der Waals surface area (Å²) in [5.41, 5.74) is 8.83. The molecule has 0 heterocycles. The fourth-order valence-corrected chi connectivity index (χ4v) is 2.91. The first-order chi connectivity index (χ1) is 8.05. The normalized spacial score (nSPS) is 17.6. The number of aromatic hydroxyl groups is 1. The molecule has 0 unspecified atom stereocenters. The molecule has 1 aromatic rings. The molecule has 0 atom stereocenters. The minimum Gasteiger partial charge on any atom is -0.507 e. The molecule has 0 aromatic heterocycles. The number of hydrogen-bond acceptors (Lipinski definition) is 3. The van der Waals surface area contributed by atoms with Crippen LogP contribution in [0.3, 0.4) is 0 Å². The molecule has 3 nitrogen and oxygen atoms in total. The van der Waals surface area contributed by atoms with E-state index >= 15 is 0 Å². The van der Waals surface area contributed by atoms with Gasteiger partial charge >= 0.3 is 0 Å². The van der Waals surface area contributed by atoms with Crippen LogP contribution in [0.1, 0.15) is 36.0 Å². The minimum atomic E-state index is -0.00873. The Balaban J connectivity index is 2.58. The fourth-order valence-electron chi connectivity index (χ4n) is 2.91. The van der Waals surface area contributed by atoms with Crippen molar-refractivity contribution in [2.24, 2.45) is 5.73 Å². The molecule has 1 aromatic carbocycles. The van der Waals surface area contributed by atoms with Gasteiger partial charge in [0.15, 0.2) is 0 Å². The van der Waals surface area contributed by atoms with E-state index in [1.54, 1.807) is 7.11 Å². The number of methoxy groups -OCH3 is 1. The Morgan fingerprint density at radius 1 is 1.41 bits per heavy atom. The van der Waals surface area contributed by atoms with Gasteiger partial charge in [0.1, 0.15) is 11.5 Å². The molecule has 94 valence electrons. The lowest BCUT2D eigenvalue weighted by molar-refractivity contribution is 0.243. The standard InChI is InChI=1S/C14H21NO2/c1-9-7-11(17-3)10(2)13(16)12(9)14(8-15)5-4-6-14/h7,16H,4-6,8,15H2,1-3H3. The predicted molar refractivity (Wildman–Crippen MR) is 68.7 cm³/mol. The molecule has 3 heteroatoms. The maximum atomic E-state index is 10.4. The van der Waals surface area contributed by atoms with E-state index < -0.39 is 0 Å². The zero-order chi connectivity index (χ0) is 12.6. The van der Waals surface area contributed by atoms with Crippen molar-refractivity contribution in [2.45, 2.75) is 38.5 Å². The Hall–Kier alpha value is -1.22. The van der Waals surface area contributed by atoms with Crippen molar-refractivity contribution in [1.82, 2.24) is 0 Å². The third-order valence-corrected chi connectivity index (χ3v) is 4.16. The number of phenolic OH excluding ortho intramolecular Hbond substituents is 1. The van der Waals surface area contributed by atoms with Gasteiger partial charge in [-0.15, -0.1) is 0 Å². The average Bonchev–Trinajstić information content (AvgIpc) is 2.27. The lowest BCUT2D eigenvalue weighted by Gasteiger charge is -2.43. The van der Waals surface area contributed by atoms with E-state index in [9.17, 15) is 5.11 Å². The number of hydrogen-bond donors (Lipinski definition) is 2. The highest BCUT2D eigenvalue weighted by atomic mass is 16.5. The first-order valence-electron chi connectivity index (χ1n) is 6.13. The second kappa shape index (κ2) is 4.22. The van der Waals surface area contributed by atoms with Gasteiger partial charge in [-0.25, -0.2) is 0 Å². The van der Waals surface area contributed by atoms with Crippen LogP contribution < -0.4 is 10.5 Å². The Morgan fingerprint density at radius 2 is 2.06 bits per heavy atom.